The van der Waals surface area contributed by atoms with E-state index < -0.39 is 33.7 Å². The molecular weight excluding hydrogens is 417 g/mol. The van der Waals surface area contributed by atoms with Crippen molar-refractivity contribution in [1.29, 1.82) is 0 Å². The zero-order valence-electron chi connectivity index (χ0n) is 17.2. The second-order valence-electron chi connectivity index (χ2n) is 7.29. The van der Waals surface area contributed by atoms with Crippen LogP contribution in [0.25, 0.3) is 0 Å². The van der Waals surface area contributed by atoms with Crippen LogP contribution in [-0.4, -0.2) is 20.9 Å². The Morgan fingerprint density at radius 1 is 1.07 bits per heavy atom. The molecule has 0 heterocycles. The minimum absolute atomic E-state index is 0.129. The Morgan fingerprint density at radius 2 is 1.67 bits per heavy atom. The summed E-state index contributed by atoms with van der Waals surface area (Å²) in [7, 11) is -3.79. The van der Waals surface area contributed by atoms with Crippen molar-refractivity contribution < 1.29 is 26.4 Å². The molecule has 5 nitrogen and oxygen atoms in total. The van der Waals surface area contributed by atoms with Gasteiger partial charge in [0.1, 0.15) is 0 Å². The van der Waals surface area contributed by atoms with Crippen molar-refractivity contribution in [3.8, 4) is 0 Å². The lowest BCUT2D eigenvalue weighted by Gasteiger charge is -2.17. The van der Waals surface area contributed by atoms with E-state index >= 15 is 0 Å². The number of rotatable bonds is 7. The van der Waals surface area contributed by atoms with E-state index in [0.717, 1.165) is 17.7 Å². The van der Waals surface area contributed by atoms with E-state index in [1.807, 2.05) is 6.92 Å². The summed E-state index contributed by atoms with van der Waals surface area (Å²) in [6.07, 6.45) is -4.61. The zero-order valence-corrected chi connectivity index (χ0v) is 18.0. The number of hydrogen-bond donors (Lipinski definition) is 2. The topological polar surface area (TPSA) is 75.3 Å². The Labute approximate surface area is 174 Å². The highest BCUT2D eigenvalue weighted by Gasteiger charge is 2.30. The number of carbonyl (C=O) groups is 1. The van der Waals surface area contributed by atoms with Crippen LogP contribution in [0, 0.1) is 20.8 Å². The second kappa shape index (κ2) is 9.18. The lowest BCUT2D eigenvalue weighted by Crippen LogP contribution is -2.32. The molecule has 1 amide bonds. The number of nitrogens with one attached hydrogen (secondary N) is 2. The largest absolute Gasteiger partial charge is 0.416 e. The molecule has 1 atom stereocenters. The van der Waals surface area contributed by atoms with Crippen LogP contribution < -0.4 is 10.0 Å². The van der Waals surface area contributed by atoms with Crippen molar-refractivity contribution in [3.63, 3.8) is 0 Å². The minimum atomic E-state index is -4.47. The summed E-state index contributed by atoms with van der Waals surface area (Å²) in [6.45, 7) is 6.72. The number of halogens is 3. The van der Waals surface area contributed by atoms with Gasteiger partial charge in [0.05, 0.1) is 16.5 Å². The number of benzene rings is 2. The molecule has 0 aliphatic carbocycles. The fourth-order valence-corrected chi connectivity index (χ4v) is 4.82. The number of amides is 1. The third-order valence-electron chi connectivity index (χ3n) is 4.61. The Balaban J connectivity index is 1.97. The third kappa shape index (κ3) is 6.06. The average molecular weight is 443 g/mol. The third-order valence-corrected chi connectivity index (χ3v) is 6.37. The lowest BCUT2D eigenvalue weighted by molar-refractivity contribution is -0.137. The first-order valence-corrected chi connectivity index (χ1v) is 10.8. The fraction of sp³-hybridized carbons (Fsp3) is 0.381. The highest BCUT2D eigenvalue weighted by atomic mass is 32.2. The van der Waals surface area contributed by atoms with E-state index in [1.165, 1.54) is 12.1 Å². The van der Waals surface area contributed by atoms with E-state index in [2.05, 4.69) is 10.0 Å². The summed E-state index contributed by atoms with van der Waals surface area (Å²) in [6, 6.07) is 7.60. The van der Waals surface area contributed by atoms with Crippen LogP contribution in [0.4, 0.5) is 13.2 Å². The van der Waals surface area contributed by atoms with Gasteiger partial charge in [0.25, 0.3) is 0 Å². The Bertz CT molecular complexity index is 1010. The van der Waals surface area contributed by atoms with Crippen LogP contribution in [0.15, 0.2) is 41.3 Å². The SMILES string of the molecule is Cc1cc(C)c(S(=O)(=O)NCCC(=O)NC(C)c2cccc(C(F)(F)F)c2)c(C)c1. The molecule has 2 aromatic carbocycles. The highest BCUT2D eigenvalue weighted by Crippen LogP contribution is 2.30. The van der Waals surface area contributed by atoms with Crippen molar-refractivity contribution in [1.82, 2.24) is 10.0 Å². The van der Waals surface area contributed by atoms with Crippen molar-refractivity contribution in [2.45, 2.75) is 51.2 Å². The molecule has 0 saturated heterocycles. The molecule has 164 valence electrons. The number of alkyl halides is 3. The predicted octanol–water partition coefficient (Wildman–Crippen LogP) is 4.18. The molecule has 1 unspecified atom stereocenters. The molecule has 0 radical (unpaired) electrons. The van der Waals surface area contributed by atoms with Crippen molar-refractivity contribution >= 4 is 15.9 Å². The zero-order chi connectivity index (χ0) is 22.7. The average Bonchev–Trinajstić information content (AvgIpc) is 2.59. The number of aryl methyl sites for hydroxylation is 3. The van der Waals surface area contributed by atoms with Gasteiger partial charge in [-0.15, -0.1) is 0 Å². The highest BCUT2D eigenvalue weighted by molar-refractivity contribution is 7.89. The quantitative estimate of drug-likeness (QED) is 0.676. The van der Waals surface area contributed by atoms with Gasteiger partial charge in [-0.25, -0.2) is 13.1 Å². The van der Waals surface area contributed by atoms with Gasteiger partial charge in [-0.2, -0.15) is 13.2 Å². The monoisotopic (exact) mass is 442 g/mol. The van der Waals surface area contributed by atoms with Crippen LogP contribution in [-0.2, 0) is 21.0 Å². The standard InChI is InChI=1S/C21H25F3N2O3S/c1-13-10-14(2)20(15(3)11-13)30(28,29)25-9-8-19(27)26-16(4)17-6-5-7-18(12-17)21(22,23)24/h5-7,10-12,16,25H,8-9H2,1-4H3,(H,26,27). The van der Waals surface area contributed by atoms with Gasteiger partial charge in [-0.05, 0) is 56.5 Å². The second-order valence-corrected chi connectivity index (χ2v) is 8.99. The van der Waals surface area contributed by atoms with E-state index in [-0.39, 0.29) is 17.9 Å². The number of hydrogen-bond acceptors (Lipinski definition) is 3. The Kier molecular flexibility index (Phi) is 7.31. The number of carbonyl (C=O) groups excluding carboxylic acids is 1. The molecule has 9 heteroatoms. The maximum Gasteiger partial charge on any atom is 0.416 e. The molecule has 0 spiro atoms. The molecule has 2 aromatic rings. The van der Waals surface area contributed by atoms with Crippen molar-refractivity contribution in [2.75, 3.05) is 6.54 Å². The first-order chi connectivity index (χ1) is 13.8. The molecule has 0 aromatic heterocycles. The Hall–Kier alpha value is -2.39. The molecule has 0 aliphatic heterocycles. The van der Waals surface area contributed by atoms with Gasteiger partial charge in [0, 0.05) is 13.0 Å². The first-order valence-electron chi connectivity index (χ1n) is 9.35. The van der Waals surface area contributed by atoms with Gasteiger partial charge in [0.2, 0.25) is 15.9 Å². The maximum absolute atomic E-state index is 12.8. The van der Waals surface area contributed by atoms with E-state index in [4.69, 9.17) is 0 Å². The van der Waals surface area contributed by atoms with Gasteiger partial charge in [-0.1, -0.05) is 29.8 Å². The van der Waals surface area contributed by atoms with Crippen LogP contribution in [0.2, 0.25) is 0 Å². The van der Waals surface area contributed by atoms with Gasteiger partial charge in [-0.3, -0.25) is 4.79 Å². The fourth-order valence-electron chi connectivity index (χ4n) is 3.34. The Morgan fingerprint density at radius 3 is 2.23 bits per heavy atom. The summed E-state index contributed by atoms with van der Waals surface area (Å²) in [5.41, 5.74) is 1.69. The van der Waals surface area contributed by atoms with Gasteiger partial charge in [0.15, 0.2) is 0 Å². The summed E-state index contributed by atoms with van der Waals surface area (Å²) in [5, 5.41) is 2.59. The molecule has 2 N–H and O–H groups in total. The van der Waals surface area contributed by atoms with Crippen LogP contribution >= 0.6 is 0 Å². The van der Waals surface area contributed by atoms with Crippen LogP contribution in [0.1, 0.15) is 47.2 Å². The normalized spacial score (nSPS) is 13.2. The van der Waals surface area contributed by atoms with E-state index in [0.29, 0.717) is 16.7 Å². The van der Waals surface area contributed by atoms with Gasteiger partial charge < -0.3 is 5.32 Å². The molecule has 0 fully saturated rings. The summed E-state index contributed by atoms with van der Waals surface area (Å²) < 4.78 is 66.1. The van der Waals surface area contributed by atoms with E-state index in [1.54, 1.807) is 32.9 Å². The predicted molar refractivity (Wildman–Crippen MR) is 108 cm³/mol. The smallest absolute Gasteiger partial charge is 0.350 e. The van der Waals surface area contributed by atoms with Crippen molar-refractivity contribution in [3.05, 3.63) is 64.2 Å². The lowest BCUT2D eigenvalue weighted by atomic mass is 10.0. The molecule has 0 aliphatic rings. The summed E-state index contributed by atoms with van der Waals surface area (Å²) in [4.78, 5) is 12.3. The summed E-state index contributed by atoms with van der Waals surface area (Å²) >= 11 is 0. The molecule has 0 saturated carbocycles. The summed E-state index contributed by atoms with van der Waals surface area (Å²) in [5.74, 6) is -0.472. The molecular formula is C21H25F3N2O3S. The molecule has 2 rings (SSSR count). The molecule has 0 bridgehead atoms. The number of sulfonamides is 1. The minimum Gasteiger partial charge on any atom is -0.350 e. The first kappa shape index (κ1) is 23.9. The molecule has 30 heavy (non-hydrogen) atoms. The maximum atomic E-state index is 12.8. The van der Waals surface area contributed by atoms with Crippen molar-refractivity contribution in [2.24, 2.45) is 0 Å². The van der Waals surface area contributed by atoms with Crippen LogP contribution in [0.3, 0.4) is 0 Å². The van der Waals surface area contributed by atoms with E-state index in [9.17, 15) is 26.4 Å². The van der Waals surface area contributed by atoms with Crippen LogP contribution in [0.5, 0.6) is 0 Å². The van der Waals surface area contributed by atoms with Gasteiger partial charge >= 0.3 is 6.18 Å².